The molecule has 20 heavy (non-hydrogen) atoms. The Bertz CT molecular complexity index is 411. The summed E-state index contributed by atoms with van der Waals surface area (Å²) in [6.45, 7) is 2.33. The Balaban J connectivity index is 1.71. The molecule has 1 aliphatic heterocycles. The summed E-state index contributed by atoms with van der Waals surface area (Å²) >= 11 is 6.23. The smallest absolute Gasteiger partial charge is 0.0379 e. The molecule has 1 heterocycles. The van der Waals surface area contributed by atoms with Crippen LogP contribution in [0.3, 0.4) is 0 Å². The third-order valence-corrected chi connectivity index (χ3v) is 5.74. The lowest BCUT2D eigenvalue weighted by molar-refractivity contribution is 0.0183. The number of halogens is 1. The van der Waals surface area contributed by atoms with Crippen molar-refractivity contribution in [1.82, 2.24) is 4.90 Å². The van der Waals surface area contributed by atoms with Crippen molar-refractivity contribution in [2.45, 2.75) is 57.5 Å². The van der Waals surface area contributed by atoms with Gasteiger partial charge in [-0.3, -0.25) is 4.90 Å². The highest BCUT2D eigenvalue weighted by atomic mass is 35.5. The van der Waals surface area contributed by atoms with Gasteiger partial charge in [-0.2, -0.15) is 0 Å². The predicted molar refractivity (Wildman–Crippen MR) is 86.1 cm³/mol. The average molecular weight is 292 g/mol. The van der Waals surface area contributed by atoms with E-state index in [4.69, 9.17) is 11.6 Å². The fourth-order valence-electron chi connectivity index (χ4n) is 4.18. The molecule has 0 amide bonds. The van der Waals surface area contributed by atoms with Gasteiger partial charge < -0.3 is 0 Å². The van der Waals surface area contributed by atoms with E-state index < -0.39 is 0 Å². The molecule has 1 saturated carbocycles. The Morgan fingerprint density at radius 3 is 2.50 bits per heavy atom. The summed E-state index contributed by atoms with van der Waals surface area (Å²) in [4.78, 5) is 2.66. The van der Waals surface area contributed by atoms with E-state index in [9.17, 15) is 0 Å². The Hall–Kier alpha value is -0.530. The lowest BCUT2D eigenvalue weighted by Gasteiger charge is -2.48. The summed E-state index contributed by atoms with van der Waals surface area (Å²) < 4.78 is 0. The molecule has 2 heteroatoms. The van der Waals surface area contributed by atoms with Gasteiger partial charge in [0.2, 0.25) is 0 Å². The zero-order valence-corrected chi connectivity index (χ0v) is 13.1. The van der Waals surface area contributed by atoms with E-state index in [0.29, 0.717) is 11.5 Å². The summed E-state index contributed by atoms with van der Waals surface area (Å²) in [6, 6.07) is 11.4. The number of alkyl halides is 1. The maximum Gasteiger partial charge on any atom is 0.0379 e. The van der Waals surface area contributed by atoms with Gasteiger partial charge in [0.05, 0.1) is 0 Å². The first-order valence-electron chi connectivity index (χ1n) is 8.15. The minimum absolute atomic E-state index is 0.574. The van der Waals surface area contributed by atoms with Crippen LogP contribution in [0.2, 0.25) is 0 Å². The first-order valence-corrected chi connectivity index (χ1v) is 8.69. The molecule has 1 aliphatic carbocycles. The third-order valence-electron chi connectivity index (χ3n) is 5.38. The van der Waals surface area contributed by atoms with Crippen LogP contribution in [0.5, 0.6) is 0 Å². The molecule has 1 atom stereocenters. The monoisotopic (exact) mass is 291 g/mol. The SMILES string of the molecule is ClCC1CCC2(CCCCC2)CN1Cc1ccccc1. The number of benzene rings is 1. The lowest BCUT2D eigenvalue weighted by Crippen LogP contribution is -2.49. The molecule has 1 aromatic carbocycles. The van der Waals surface area contributed by atoms with Gasteiger partial charge in [0.15, 0.2) is 0 Å². The first-order chi connectivity index (χ1) is 9.81. The van der Waals surface area contributed by atoms with Crippen LogP contribution in [-0.2, 0) is 6.54 Å². The molecular weight excluding hydrogens is 266 g/mol. The number of hydrogen-bond donors (Lipinski definition) is 0. The van der Waals surface area contributed by atoms with E-state index in [0.717, 1.165) is 12.4 Å². The summed E-state index contributed by atoms with van der Waals surface area (Å²) in [6.07, 6.45) is 9.88. The van der Waals surface area contributed by atoms with Crippen molar-refractivity contribution in [3.63, 3.8) is 0 Å². The normalized spacial score (nSPS) is 26.8. The highest BCUT2D eigenvalue weighted by Gasteiger charge is 2.39. The maximum absolute atomic E-state index is 6.23. The van der Waals surface area contributed by atoms with Gasteiger partial charge in [-0.1, -0.05) is 49.6 Å². The van der Waals surface area contributed by atoms with Crippen LogP contribution in [0.25, 0.3) is 0 Å². The fraction of sp³-hybridized carbons (Fsp3) is 0.667. The second-order valence-corrected chi connectivity index (χ2v) is 7.11. The van der Waals surface area contributed by atoms with Crippen molar-refractivity contribution in [3.8, 4) is 0 Å². The Morgan fingerprint density at radius 1 is 1.05 bits per heavy atom. The van der Waals surface area contributed by atoms with Crippen LogP contribution >= 0.6 is 11.6 Å². The molecule has 0 radical (unpaired) electrons. The van der Waals surface area contributed by atoms with Crippen molar-refractivity contribution >= 4 is 11.6 Å². The molecule has 0 bridgehead atoms. The van der Waals surface area contributed by atoms with E-state index >= 15 is 0 Å². The number of piperidine rings is 1. The van der Waals surface area contributed by atoms with Gasteiger partial charge in [0, 0.05) is 25.0 Å². The van der Waals surface area contributed by atoms with Crippen LogP contribution < -0.4 is 0 Å². The Morgan fingerprint density at radius 2 is 1.80 bits per heavy atom. The van der Waals surface area contributed by atoms with Gasteiger partial charge in [0.25, 0.3) is 0 Å². The zero-order valence-electron chi connectivity index (χ0n) is 12.4. The topological polar surface area (TPSA) is 3.24 Å². The standard InChI is InChI=1S/C18H26ClN/c19-13-17-9-12-18(10-5-2-6-11-18)15-20(17)14-16-7-3-1-4-8-16/h1,3-4,7-8,17H,2,5-6,9-15H2. The summed E-state index contributed by atoms with van der Waals surface area (Å²) in [7, 11) is 0. The largest absolute Gasteiger partial charge is 0.294 e. The van der Waals surface area contributed by atoms with Crippen molar-refractivity contribution < 1.29 is 0 Å². The minimum atomic E-state index is 0.574. The van der Waals surface area contributed by atoms with Crippen molar-refractivity contribution in [2.75, 3.05) is 12.4 Å². The molecular formula is C18H26ClN. The quantitative estimate of drug-likeness (QED) is 0.720. The number of likely N-dealkylation sites (tertiary alicyclic amines) is 1. The molecule has 1 spiro atoms. The van der Waals surface area contributed by atoms with E-state index in [1.165, 1.54) is 57.1 Å². The minimum Gasteiger partial charge on any atom is -0.294 e. The Labute approximate surface area is 128 Å². The van der Waals surface area contributed by atoms with Crippen LogP contribution in [0.15, 0.2) is 30.3 Å². The molecule has 1 nitrogen and oxygen atoms in total. The molecule has 2 aliphatic rings. The lowest BCUT2D eigenvalue weighted by atomic mass is 9.68. The number of rotatable bonds is 3. The zero-order chi connectivity index (χ0) is 13.8. The molecule has 0 N–H and O–H groups in total. The van der Waals surface area contributed by atoms with Gasteiger partial charge in [-0.15, -0.1) is 11.6 Å². The average Bonchev–Trinajstić information content (AvgIpc) is 2.49. The van der Waals surface area contributed by atoms with E-state index in [2.05, 4.69) is 35.2 Å². The van der Waals surface area contributed by atoms with Crippen LogP contribution in [0, 0.1) is 5.41 Å². The molecule has 0 aromatic heterocycles. The molecule has 2 fully saturated rings. The van der Waals surface area contributed by atoms with E-state index in [-0.39, 0.29) is 0 Å². The number of nitrogens with zero attached hydrogens (tertiary/aromatic N) is 1. The Kier molecular flexibility index (Phi) is 4.68. The third kappa shape index (κ3) is 3.20. The molecule has 110 valence electrons. The van der Waals surface area contributed by atoms with Crippen LogP contribution in [-0.4, -0.2) is 23.4 Å². The van der Waals surface area contributed by atoms with E-state index in [1.54, 1.807) is 0 Å². The van der Waals surface area contributed by atoms with Gasteiger partial charge >= 0.3 is 0 Å². The summed E-state index contributed by atoms with van der Waals surface area (Å²) in [5, 5.41) is 0. The fourth-order valence-corrected chi connectivity index (χ4v) is 4.53. The summed E-state index contributed by atoms with van der Waals surface area (Å²) in [5.74, 6) is 0.781. The summed E-state index contributed by atoms with van der Waals surface area (Å²) in [5.41, 5.74) is 2.03. The molecule has 3 rings (SSSR count). The van der Waals surface area contributed by atoms with Gasteiger partial charge in [-0.05, 0) is 36.7 Å². The predicted octanol–water partition coefficient (Wildman–Crippen LogP) is 4.84. The second-order valence-electron chi connectivity index (χ2n) is 6.80. The van der Waals surface area contributed by atoms with Crippen molar-refractivity contribution in [3.05, 3.63) is 35.9 Å². The number of hydrogen-bond acceptors (Lipinski definition) is 1. The molecule has 1 aromatic rings. The maximum atomic E-state index is 6.23. The van der Waals surface area contributed by atoms with Gasteiger partial charge in [0.1, 0.15) is 0 Å². The van der Waals surface area contributed by atoms with Crippen LogP contribution in [0.4, 0.5) is 0 Å². The highest BCUT2D eigenvalue weighted by molar-refractivity contribution is 6.18. The second kappa shape index (κ2) is 6.49. The van der Waals surface area contributed by atoms with E-state index in [1.807, 2.05) is 0 Å². The highest BCUT2D eigenvalue weighted by Crippen LogP contribution is 2.45. The molecule has 1 unspecified atom stereocenters. The molecule has 1 saturated heterocycles. The van der Waals surface area contributed by atoms with Gasteiger partial charge in [-0.25, -0.2) is 0 Å². The van der Waals surface area contributed by atoms with Crippen LogP contribution in [0.1, 0.15) is 50.5 Å². The van der Waals surface area contributed by atoms with Crippen molar-refractivity contribution in [2.24, 2.45) is 5.41 Å². The first kappa shape index (κ1) is 14.4. The van der Waals surface area contributed by atoms with Crippen molar-refractivity contribution in [1.29, 1.82) is 0 Å².